The van der Waals surface area contributed by atoms with Crippen LogP contribution in [0.4, 0.5) is 0 Å². The van der Waals surface area contributed by atoms with Gasteiger partial charge in [0, 0.05) is 0 Å². The third-order valence-electron chi connectivity index (χ3n) is 1.95. The molecule has 0 atom stereocenters. The molecule has 1 amide bonds. The lowest BCUT2D eigenvalue weighted by Gasteiger charge is -2.05. The zero-order valence-electron chi connectivity index (χ0n) is 8.96. The minimum Gasteiger partial charge on any atom is -0.484 e. The molecular weight excluding hydrogens is 222 g/mol. The van der Waals surface area contributed by atoms with E-state index >= 15 is 0 Å². The summed E-state index contributed by atoms with van der Waals surface area (Å²) in [6.07, 6.45) is 0. The van der Waals surface area contributed by atoms with E-state index in [-0.39, 0.29) is 19.1 Å². The number of aromatic nitrogens is 4. The van der Waals surface area contributed by atoms with Crippen molar-refractivity contribution in [2.75, 3.05) is 6.61 Å². The van der Waals surface area contributed by atoms with Crippen molar-refractivity contribution in [2.45, 2.75) is 6.54 Å². The smallest absolute Gasteiger partial charge is 0.258 e. The van der Waals surface area contributed by atoms with Gasteiger partial charge >= 0.3 is 0 Å². The Kier molecular flexibility index (Phi) is 3.64. The summed E-state index contributed by atoms with van der Waals surface area (Å²) in [5.41, 5.74) is 0. The highest BCUT2D eigenvalue weighted by atomic mass is 16.5. The van der Waals surface area contributed by atoms with Gasteiger partial charge < -0.3 is 10.1 Å². The average molecular weight is 233 g/mol. The van der Waals surface area contributed by atoms with Crippen molar-refractivity contribution in [1.29, 1.82) is 0 Å². The second-order valence-corrected chi connectivity index (χ2v) is 3.21. The van der Waals surface area contributed by atoms with Crippen molar-refractivity contribution < 1.29 is 9.53 Å². The average Bonchev–Trinajstić information content (AvgIpc) is 2.88. The zero-order chi connectivity index (χ0) is 11.9. The first-order valence-electron chi connectivity index (χ1n) is 5.01. The summed E-state index contributed by atoms with van der Waals surface area (Å²) in [5, 5.41) is 15.7. The van der Waals surface area contributed by atoms with Crippen LogP contribution in [0, 0.1) is 0 Å². The van der Waals surface area contributed by atoms with Crippen LogP contribution in [0.2, 0.25) is 0 Å². The molecule has 0 radical (unpaired) electrons. The molecule has 88 valence electrons. The maximum atomic E-state index is 11.4. The number of carbonyl (C=O) groups is 1. The number of nitrogens with zero attached hydrogens (tertiary/aromatic N) is 3. The van der Waals surface area contributed by atoms with Gasteiger partial charge in [0.05, 0.1) is 6.54 Å². The van der Waals surface area contributed by atoms with Gasteiger partial charge in [0.15, 0.2) is 12.4 Å². The van der Waals surface area contributed by atoms with E-state index in [1.807, 2.05) is 18.2 Å². The summed E-state index contributed by atoms with van der Waals surface area (Å²) in [6, 6.07) is 9.13. The van der Waals surface area contributed by atoms with Crippen LogP contribution in [0.25, 0.3) is 0 Å². The number of para-hydroxylation sites is 1. The van der Waals surface area contributed by atoms with Crippen LogP contribution in [0.3, 0.4) is 0 Å². The molecule has 0 bridgehead atoms. The Morgan fingerprint density at radius 3 is 2.88 bits per heavy atom. The molecule has 0 saturated carbocycles. The maximum Gasteiger partial charge on any atom is 0.258 e. The molecule has 1 aromatic carbocycles. The number of hydrogen-bond acceptors (Lipinski definition) is 5. The maximum absolute atomic E-state index is 11.4. The number of carbonyl (C=O) groups excluding carboxylic acids is 1. The molecule has 1 heterocycles. The number of aromatic amines is 1. The number of H-pyrrole nitrogens is 1. The summed E-state index contributed by atoms with van der Waals surface area (Å²) in [5.74, 6) is 0.846. The van der Waals surface area contributed by atoms with Crippen molar-refractivity contribution >= 4 is 5.91 Å². The SMILES string of the molecule is O=C(COc1ccccc1)NCc1nn[nH]n1. The number of ether oxygens (including phenoxy) is 1. The lowest BCUT2D eigenvalue weighted by atomic mass is 10.3. The second kappa shape index (κ2) is 5.59. The van der Waals surface area contributed by atoms with Crippen molar-refractivity contribution in [2.24, 2.45) is 0 Å². The molecule has 7 heteroatoms. The molecular formula is C10H11N5O2. The van der Waals surface area contributed by atoms with Crippen LogP contribution >= 0.6 is 0 Å². The van der Waals surface area contributed by atoms with E-state index in [1.54, 1.807) is 12.1 Å². The van der Waals surface area contributed by atoms with E-state index in [0.29, 0.717) is 11.6 Å². The van der Waals surface area contributed by atoms with E-state index in [0.717, 1.165) is 0 Å². The fourth-order valence-corrected chi connectivity index (χ4v) is 1.15. The van der Waals surface area contributed by atoms with E-state index < -0.39 is 0 Å². The van der Waals surface area contributed by atoms with Crippen LogP contribution in [-0.4, -0.2) is 33.1 Å². The highest BCUT2D eigenvalue weighted by Gasteiger charge is 2.04. The third-order valence-corrected chi connectivity index (χ3v) is 1.95. The molecule has 0 spiro atoms. The van der Waals surface area contributed by atoms with Gasteiger partial charge in [-0.2, -0.15) is 5.21 Å². The molecule has 2 N–H and O–H groups in total. The van der Waals surface area contributed by atoms with Gasteiger partial charge in [0.25, 0.3) is 5.91 Å². The zero-order valence-corrected chi connectivity index (χ0v) is 8.96. The quantitative estimate of drug-likeness (QED) is 0.752. The Hall–Kier alpha value is -2.44. The summed E-state index contributed by atoms with van der Waals surface area (Å²) in [7, 11) is 0. The highest BCUT2D eigenvalue weighted by Crippen LogP contribution is 2.07. The van der Waals surface area contributed by atoms with Gasteiger partial charge in [0.2, 0.25) is 0 Å². The van der Waals surface area contributed by atoms with Gasteiger partial charge in [-0.1, -0.05) is 23.4 Å². The molecule has 0 saturated heterocycles. The molecule has 17 heavy (non-hydrogen) atoms. The first-order chi connectivity index (χ1) is 8.34. The summed E-state index contributed by atoms with van der Waals surface area (Å²) in [6.45, 7) is 0.190. The van der Waals surface area contributed by atoms with Gasteiger partial charge in [0.1, 0.15) is 5.75 Å². The predicted octanol–water partition coefficient (Wildman–Crippen LogP) is -0.105. The topological polar surface area (TPSA) is 92.8 Å². The Morgan fingerprint density at radius 2 is 2.18 bits per heavy atom. The molecule has 1 aromatic heterocycles. The van der Waals surface area contributed by atoms with Crippen LogP contribution in [-0.2, 0) is 11.3 Å². The van der Waals surface area contributed by atoms with E-state index in [2.05, 4.69) is 25.9 Å². The summed E-state index contributed by atoms with van der Waals surface area (Å²) < 4.78 is 5.26. The predicted molar refractivity (Wildman–Crippen MR) is 58.0 cm³/mol. The molecule has 0 aliphatic carbocycles. The highest BCUT2D eigenvalue weighted by molar-refractivity contribution is 5.77. The van der Waals surface area contributed by atoms with E-state index in [9.17, 15) is 4.79 Å². The van der Waals surface area contributed by atoms with Crippen molar-refractivity contribution in [1.82, 2.24) is 25.9 Å². The Labute approximate surface area is 97.2 Å². The fourth-order valence-electron chi connectivity index (χ4n) is 1.15. The third kappa shape index (κ3) is 3.56. The monoisotopic (exact) mass is 233 g/mol. The minimum atomic E-state index is -0.237. The second-order valence-electron chi connectivity index (χ2n) is 3.21. The first-order valence-corrected chi connectivity index (χ1v) is 5.01. The normalized spacial score (nSPS) is 9.88. The van der Waals surface area contributed by atoms with Crippen LogP contribution < -0.4 is 10.1 Å². The van der Waals surface area contributed by atoms with E-state index in [1.165, 1.54) is 0 Å². The molecule has 0 unspecified atom stereocenters. The fraction of sp³-hybridized carbons (Fsp3) is 0.200. The lowest BCUT2D eigenvalue weighted by molar-refractivity contribution is -0.123. The van der Waals surface area contributed by atoms with E-state index in [4.69, 9.17) is 4.74 Å². The first kappa shape index (κ1) is 11.1. The Balaban J connectivity index is 1.71. The number of hydrogen-bond donors (Lipinski definition) is 2. The molecule has 7 nitrogen and oxygen atoms in total. The molecule has 2 rings (SSSR count). The Morgan fingerprint density at radius 1 is 1.35 bits per heavy atom. The number of tetrazole rings is 1. The molecule has 2 aromatic rings. The van der Waals surface area contributed by atoms with Gasteiger partial charge in [-0.15, -0.1) is 10.2 Å². The van der Waals surface area contributed by atoms with Crippen molar-refractivity contribution in [3.63, 3.8) is 0 Å². The molecule has 0 fully saturated rings. The summed E-state index contributed by atoms with van der Waals surface area (Å²) in [4.78, 5) is 11.4. The number of nitrogens with one attached hydrogen (secondary N) is 2. The standard InChI is InChI=1S/C10H11N5O2/c16-10(11-6-9-12-14-15-13-9)7-17-8-4-2-1-3-5-8/h1-5H,6-7H2,(H,11,16)(H,12,13,14,15). The Bertz CT molecular complexity index is 457. The van der Waals surface area contributed by atoms with Gasteiger partial charge in [-0.05, 0) is 12.1 Å². The number of rotatable bonds is 5. The van der Waals surface area contributed by atoms with Crippen LogP contribution in [0.1, 0.15) is 5.82 Å². The molecule has 0 aliphatic rings. The number of benzene rings is 1. The largest absolute Gasteiger partial charge is 0.484 e. The van der Waals surface area contributed by atoms with Crippen LogP contribution in [0.15, 0.2) is 30.3 Å². The summed E-state index contributed by atoms with van der Waals surface area (Å²) >= 11 is 0. The van der Waals surface area contributed by atoms with Gasteiger partial charge in [-0.25, -0.2) is 0 Å². The van der Waals surface area contributed by atoms with Crippen molar-refractivity contribution in [3.05, 3.63) is 36.2 Å². The molecule has 0 aliphatic heterocycles. The lowest BCUT2D eigenvalue weighted by Crippen LogP contribution is -2.28. The van der Waals surface area contributed by atoms with Gasteiger partial charge in [-0.3, -0.25) is 4.79 Å². The van der Waals surface area contributed by atoms with Crippen molar-refractivity contribution in [3.8, 4) is 5.75 Å². The number of amides is 1. The van der Waals surface area contributed by atoms with Crippen LogP contribution in [0.5, 0.6) is 5.75 Å². The minimum absolute atomic E-state index is 0.0398.